The van der Waals surface area contributed by atoms with E-state index in [9.17, 15) is 0 Å². The lowest BCUT2D eigenvalue weighted by atomic mass is 10.0. The van der Waals surface area contributed by atoms with Crippen molar-refractivity contribution in [2.45, 2.75) is 46.5 Å². The van der Waals surface area contributed by atoms with Crippen LogP contribution in [0.15, 0.2) is 12.3 Å². The molecule has 0 spiro atoms. The predicted molar refractivity (Wildman–Crippen MR) is 59.2 cm³/mol. The standard InChI is InChI=1S/C12H20N2/c1-10(2)6-4-5-7-12-8-9-13-11(3)14-12/h8-10H,4-7H2,1-3H3. The van der Waals surface area contributed by atoms with Crippen molar-refractivity contribution in [3.05, 3.63) is 23.8 Å². The van der Waals surface area contributed by atoms with Gasteiger partial charge in [-0.25, -0.2) is 9.97 Å². The Labute approximate surface area is 86.8 Å². The van der Waals surface area contributed by atoms with E-state index in [-0.39, 0.29) is 0 Å². The summed E-state index contributed by atoms with van der Waals surface area (Å²) in [6, 6.07) is 2.02. The maximum atomic E-state index is 4.38. The fourth-order valence-corrected chi connectivity index (χ4v) is 1.50. The zero-order chi connectivity index (χ0) is 10.4. The smallest absolute Gasteiger partial charge is 0.125 e. The van der Waals surface area contributed by atoms with E-state index in [1.165, 1.54) is 25.0 Å². The molecule has 1 aromatic rings. The van der Waals surface area contributed by atoms with Gasteiger partial charge in [0.25, 0.3) is 0 Å². The SMILES string of the molecule is Cc1nccc(CCCCC(C)C)n1. The summed E-state index contributed by atoms with van der Waals surface area (Å²) in [5.41, 5.74) is 1.18. The molecule has 0 aromatic carbocycles. The Morgan fingerprint density at radius 1 is 1.29 bits per heavy atom. The van der Waals surface area contributed by atoms with Crippen LogP contribution in [0.25, 0.3) is 0 Å². The first-order chi connectivity index (χ1) is 6.68. The summed E-state index contributed by atoms with van der Waals surface area (Å²) >= 11 is 0. The third-order valence-corrected chi connectivity index (χ3v) is 2.30. The second-order valence-electron chi connectivity index (χ2n) is 4.23. The summed E-state index contributed by atoms with van der Waals surface area (Å²) in [5.74, 6) is 1.70. The number of hydrogen-bond donors (Lipinski definition) is 0. The average Bonchev–Trinajstić information content (AvgIpc) is 2.12. The van der Waals surface area contributed by atoms with Crippen LogP contribution in [0.2, 0.25) is 0 Å². The van der Waals surface area contributed by atoms with Crippen LogP contribution in [0.3, 0.4) is 0 Å². The molecule has 1 rings (SSSR count). The minimum absolute atomic E-state index is 0.821. The summed E-state index contributed by atoms with van der Waals surface area (Å²) < 4.78 is 0. The van der Waals surface area contributed by atoms with Crippen LogP contribution in [-0.4, -0.2) is 9.97 Å². The zero-order valence-corrected chi connectivity index (χ0v) is 9.45. The summed E-state index contributed by atoms with van der Waals surface area (Å²) in [6.45, 7) is 6.49. The molecule has 2 heteroatoms. The summed E-state index contributed by atoms with van der Waals surface area (Å²) in [7, 11) is 0. The topological polar surface area (TPSA) is 25.8 Å². The van der Waals surface area contributed by atoms with E-state index in [4.69, 9.17) is 0 Å². The third kappa shape index (κ3) is 4.35. The second kappa shape index (κ2) is 5.74. The highest BCUT2D eigenvalue weighted by Gasteiger charge is 1.97. The van der Waals surface area contributed by atoms with Crippen LogP contribution in [0.4, 0.5) is 0 Å². The number of hydrogen-bond acceptors (Lipinski definition) is 2. The molecule has 0 saturated carbocycles. The molecule has 78 valence electrons. The van der Waals surface area contributed by atoms with E-state index < -0.39 is 0 Å². The van der Waals surface area contributed by atoms with Gasteiger partial charge in [-0.05, 0) is 31.7 Å². The molecule has 0 aliphatic heterocycles. The molecule has 1 heterocycles. The Morgan fingerprint density at radius 2 is 2.07 bits per heavy atom. The van der Waals surface area contributed by atoms with Crippen molar-refractivity contribution in [3.8, 4) is 0 Å². The Bertz CT molecular complexity index is 269. The fraction of sp³-hybridized carbons (Fsp3) is 0.667. The van der Waals surface area contributed by atoms with Crippen molar-refractivity contribution < 1.29 is 0 Å². The number of aromatic nitrogens is 2. The minimum atomic E-state index is 0.821. The molecule has 14 heavy (non-hydrogen) atoms. The van der Waals surface area contributed by atoms with Crippen molar-refractivity contribution in [3.63, 3.8) is 0 Å². The van der Waals surface area contributed by atoms with Crippen LogP contribution in [0.5, 0.6) is 0 Å². The van der Waals surface area contributed by atoms with E-state index in [1.807, 2.05) is 19.2 Å². The quantitative estimate of drug-likeness (QED) is 0.670. The number of rotatable bonds is 5. The van der Waals surface area contributed by atoms with E-state index in [0.717, 1.165) is 18.2 Å². The number of unbranched alkanes of at least 4 members (excludes halogenated alkanes) is 1. The molecule has 0 unspecified atom stereocenters. The van der Waals surface area contributed by atoms with Crippen molar-refractivity contribution in [1.82, 2.24) is 9.97 Å². The molecule has 0 N–H and O–H groups in total. The molecule has 0 saturated heterocycles. The molecular weight excluding hydrogens is 172 g/mol. The highest BCUT2D eigenvalue weighted by molar-refractivity contribution is 5.01. The van der Waals surface area contributed by atoms with Gasteiger partial charge in [-0.3, -0.25) is 0 Å². The normalized spacial score (nSPS) is 10.9. The van der Waals surface area contributed by atoms with Crippen molar-refractivity contribution >= 4 is 0 Å². The molecule has 0 aliphatic rings. The highest BCUT2D eigenvalue weighted by Crippen LogP contribution is 2.09. The summed E-state index contributed by atoms with van der Waals surface area (Å²) in [4.78, 5) is 8.46. The lowest BCUT2D eigenvalue weighted by molar-refractivity contribution is 0.536. The van der Waals surface area contributed by atoms with Crippen LogP contribution in [0, 0.1) is 12.8 Å². The fourth-order valence-electron chi connectivity index (χ4n) is 1.50. The van der Waals surface area contributed by atoms with E-state index in [0.29, 0.717) is 0 Å². The summed E-state index contributed by atoms with van der Waals surface area (Å²) in [6.07, 6.45) is 6.82. The van der Waals surface area contributed by atoms with Gasteiger partial charge in [0.2, 0.25) is 0 Å². The highest BCUT2D eigenvalue weighted by atomic mass is 14.9. The van der Waals surface area contributed by atoms with Gasteiger partial charge in [0, 0.05) is 11.9 Å². The molecule has 2 nitrogen and oxygen atoms in total. The first kappa shape index (κ1) is 11.2. The van der Waals surface area contributed by atoms with Gasteiger partial charge in [-0.1, -0.05) is 26.7 Å². The third-order valence-electron chi connectivity index (χ3n) is 2.30. The molecular formula is C12H20N2. The zero-order valence-electron chi connectivity index (χ0n) is 9.45. The predicted octanol–water partition coefficient (Wildman–Crippen LogP) is 3.15. The molecule has 0 radical (unpaired) electrons. The summed E-state index contributed by atoms with van der Waals surface area (Å²) in [5, 5.41) is 0. The van der Waals surface area contributed by atoms with Gasteiger partial charge in [0.05, 0.1) is 0 Å². The maximum absolute atomic E-state index is 4.38. The Balaban J connectivity index is 2.25. The molecule has 0 atom stereocenters. The van der Waals surface area contributed by atoms with E-state index in [2.05, 4.69) is 23.8 Å². The molecule has 0 fully saturated rings. The van der Waals surface area contributed by atoms with Crippen LogP contribution >= 0.6 is 0 Å². The van der Waals surface area contributed by atoms with Gasteiger partial charge < -0.3 is 0 Å². The van der Waals surface area contributed by atoms with E-state index >= 15 is 0 Å². The molecule has 0 aliphatic carbocycles. The lowest BCUT2D eigenvalue weighted by Gasteiger charge is -2.04. The number of aryl methyl sites for hydroxylation is 2. The van der Waals surface area contributed by atoms with Gasteiger partial charge in [0.15, 0.2) is 0 Å². The van der Waals surface area contributed by atoms with Crippen molar-refractivity contribution in [2.75, 3.05) is 0 Å². The van der Waals surface area contributed by atoms with Crippen LogP contribution in [0.1, 0.15) is 44.6 Å². The monoisotopic (exact) mass is 192 g/mol. The first-order valence-electron chi connectivity index (χ1n) is 5.47. The van der Waals surface area contributed by atoms with Gasteiger partial charge in [-0.15, -0.1) is 0 Å². The van der Waals surface area contributed by atoms with Crippen LogP contribution in [-0.2, 0) is 6.42 Å². The van der Waals surface area contributed by atoms with Crippen LogP contribution < -0.4 is 0 Å². The van der Waals surface area contributed by atoms with Gasteiger partial charge >= 0.3 is 0 Å². The average molecular weight is 192 g/mol. The Hall–Kier alpha value is -0.920. The minimum Gasteiger partial charge on any atom is -0.242 e. The second-order valence-corrected chi connectivity index (χ2v) is 4.23. The van der Waals surface area contributed by atoms with Gasteiger partial charge in [0.1, 0.15) is 5.82 Å². The van der Waals surface area contributed by atoms with Crippen molar-refractivity contribution in [1.29, 1.82) is 0 Å². The molecule has 0 bridgehead atoms. The Morgan fingerprint density at radius 3 is 2.71 bits per heavy atom. The van der Waals surface area contributed by atoms with Crippen molar-refractivity contribution in [2.24, 2.45) is 5.92 Å². The number of nitrogens with zero attached hydrogens (tertiary/aromatic N) is 2. The maximum Gasteiger partial charge on any atom is 0.125 e. The Kier molecular flexibility index (Phi) is 4.57. The first-order valence-corrected chi connectivity index (χ1v) is 5.47. The van der Waals surface area contributed by atoms with E-state index in [1.54, 1.807) is 0 Å². The van der Waals surface area contributed by atoms with Gasteiger partial charge in [-0.2, -0.15) is 0 Å². The lowest BCUT2D eigenvalue weighted by Crippen LogP contribution is -1.95. The molecule has 1 aromatic heterocycles. The molecule has 0 amide bonds. The largest absolute Gasteiger partial charge is 0.242 e.